The maximum atomic E-state index is 13.4. The summed E-state index contributed by atoms with van der Waals surface area (Å²) in [4.78, 5) is 65.9. The number of nitrogens with two attached hydrogens (primary N) is 1. The molecule has 41 heavy (non-hydrogen) atoms. The summed E-state index contributed by atoms with van der Waals surface area (Å²) in [7, 11) is -4.18. The fourth-order valence-electron chi connectivity index (χ4n) is 5.73. The Labute approximate surface area is 248 Å². The van der Waals surface area contributed by atoms with E-state index >= 15 is 0 Å². The second-order valence-corrected chi connectivity index (χ2v) is 16.7. The van der Waals surface area contributed by atoms with Gasteiger partial charge in [0.25, 0.3) is 0 Å². The number of thioether (sulfide) groups is 1. The third-order valence-corrected chi connectivity index (χ3v) is 13.7. The summed E-state index contributed by atoms with van der Waals surface area (Å²) in [5.74, 6) is -3.65. The number of amides is 3. The molecule has 0 bridgehead atoms. The molecule has 0 spiro atoms. The van der Waals surface area contributed by atoms with E-state index in [9.17, 15) is 32.4 Å². The highest BCUT2D eigenvalue weighted by atomic mass is 79.9. The summed E-state index contributed by atoms with van der Waals surface area (Å²) in [6, 6.07) is 3.33. The van der Waals surface area contributed by atoms with Gasteiger partial charge in [0.1, 0.15) is 39.1 Å². The van der Waals surface area contributed by atoms with Crippen LogP contribution in [0.3, 0.4) is 0 Å². The highest BCUT2D eigenvalue weighted by Gasteiger charge is 2.73. The van der Waals surface area contributed by atoms with Crippen LogP contribution < -0.4 is 11.1 Å². The van der Waals surface area contributed by atoms with Gasteiger partial charge < -0.3 is 30.3 Å². The number of benzene rings is 1. The van der Waals surface area contributed by atoms with Gasteiger partial charge in [0.05, 0.1) is 0 Å². The minimum Gasteiger partial charge on any atom is -0.426 e. The van der Waals surface area contributed by atoms with Gasteiger partial charge in [0.15, 0.2) is 15.2 Å². The van der Waals surface area contributed by atoms with Crippen LogP contribution in [-0.4, -0.2) is 97.9 Å². The summed E-state index contributed by atoms with van der Waals surface area (Å²) in [5.41, 5.74) is 6.46. The van der Waals surface area contributed by atoms with Gasteiger partial charge in [-0.2, -0.15) is 0 Å². The van der Waals surface area contributed by atoms with Crippen molar-refractivity contribution in [1.82, 2.24) is 15.1 Å². The van der Waals surface area contributed by atoms with Crippen molar-refractivity contribution in [2.45, 2.75) is 76.9 Å². The van der Waals surface area contributed by atoms with Crippen molar-refractivity contribution >= 4 is 67.2 Å². The number of alkyl halides is 1. The second-order valence-electron chi connectivity index (χ2n) is 11.3. The number of halogens is 1. The van der Waals surface area contributed by atoms with Crippen molar-refractivity contribution in [3.05, 3.63) is 35.9 Å². The summed E-state index contributed by atoms with van der Waals surface area (Å²) in [5, 5.41) is 0.683. The largest absolute Gasteiger partial charge is 0.426 e. The molecule has 0 aromatic heterocycles. The highest BCUT2D eigenvalue weighted by Crippen LogP contribution is 2.53. The Morgan fingerprint density at radius 1 is 1.02 bits per heavy atom. The van der Waals surface area contributed by atoms with Crippen LogP contribution in [-0.2, 0) is 43.3 Å². The zero-order valence-corrected chi connectivity index (χ0v) is 25.7. The van der Waals surface area contributed by atoms with Crippen molar-refractivity contribution in [1.29, 1.82) is 0 Å². The Morgan fingerprint density at radius 3 is 2.22 bits per heavy atom. The lowest BCUT2D eigenvalue weighted by atomic mass is 9.95. The SMILES string of the molecule is CC1(C)S[C@@H]2[C@@H](Br)C(=O)N2[C@H]1C(=O)OCOC(=O)[C@@H]1N2C(=O)[C@@H](NC(=O)C(N)c3ccccc3)[C@H]2S(=O)(=O)C1(C)C. The molecular formula is C25H29BrN4O9S2. The van der Waals surface area contributed by atoms with E-state index in [1.54, 1.807) is 44.2 Å². The van der Waals surface area contributed by atoms with E-state index in [1.165, 1.54) is 30.5 Å². The number of fused-ring (bicyclic) bond motifs is 2. The molecule has 4 fully saturated rings. The summed E-state index contributed by atoms with van der Waals surface area (Å²) < 4.78 is 34.7. The molecule has 5 rings (SSSR count). The maximum absolute atomic E-state index is 13.4. The Bertz CT molecular complexity index is 1440. The van der Waals surface area contributed by atoms with Gasteiger partial charge in [-0.25, -0.2) is 18.0 Å². The molecule has 3 amide bonds. The summed E-state index contributed by atoms with van der Waals surface area (Å²) in [6.45, 7) is 5.32. The minimum atomic E-state index is -4.18. The first kappa shape index (κ1) is 29.8. The number of nitrogens with one attached hydrogen (secondary N) is 1. The van der Waals surface area contributed by atoms with Crippen LogP contribution in [0.4, 0.5) is 0 Å². The quantitative estimate of drug-likeness (QED) is 0.169. The predicted octanol–water partition coefficient (Wildman–Crippen LogP) is -0.215. The average molecular weight is 674 g/mol. The van der Waals surface area contributed by atoms with E-state index in [0.29, 0.717) is 5.56 Å². The zero-order chi connectivity index (χ0) is 30.2. The number of hydrogen-bond acceptors (Lipinski definition) is 11. The summed E-state index contributed by atoms with van der Waals surface area (Å²) in [6.07, 6.45) is 0. The number of rotatable bonds is 7. The van der Waals surface area contributed by atoms with Crippen molar-refractivity contribution in [3.8, 4) is 0 Å². The Balaban J connectivity index is 1.24. The van der Waals surface area contributed by atoms with Gasteiger partial charge in [-0.1, -0.05) is 46.3 Å². The number of ether oxygens (including phenoxy) is 2. The number of β-lactam (4-membered cyclic amide) rings is 2. The number of esters is 2. The van der Waals surface area contributed by atoms with Crippen LogP contribution in [0.25, 0.3) is 0 Å². The fraction of sp³-hybridized carbons (Fsp3) is 0.560. The van der Waals surface area contributed by atoms with E-state index in [1.807, 2.05) is 0 Å². The number of carbonyl (C=O) groups is 5. The lowest BCUT2D eigenvalue weighted by Crippen LogP contribution is -2.72. The predicted molar refractivity (Wildman–Crippen MR) is 149 cm³/mol. The molecule has 16 heteroatoms. The molecule has 0 radical (unpaired) electrons. The van der Waals surface area contributed by atoms with Crippen LogP contribution in [0.2, 0.25) is 0 Å². The molecule has 1 aromatic carbocycles. The Morgan fingerprint density at radius 2 is 1.61 bits per heavy atom. The molecule has 1 aromatic rings. The molecule has 7 atom stereocenters. The van der Waals surface area contributed by atoms with Crippen molar-refractivity contribution in [2.75, 3.05) is 6.79 Å². The number of hydrogen-bond donors (Lipinski definition) is 2. The van der Waals surface area contributed by atoms with Gasteiger partial charge in [0.2, 0.25) is 24.5 Å². The first-order chi connectivity index (χ1) is 19.0. The monoisotopic (exact) mass is 672 g/mol. The lowest BCUT2D eigenvalue weighted by Gasteiger charge is -2.43. The Hall–Kier alpha value is -2.69. The van der Waals surface area contributed by atoms with E-state index < -0.39 is 84.2 Å². The van der Waals surface area contributed by atoms with Crippen LogP contribution >= 0.6 is 27.7 Å². The molecule has 4 aliphatic rings. The highest BCUT2D eigenvalue weighted by molar-refractivity contribution is 9.10. The van der Waals surface area contributed by atoms with Gasteiger partial charge in [0, 0.05) is 4.75 Å². The fourth-order valence-corrected chi connectivity index (χ4v) is 10.3. The molecule has 222 valence electrons. The summed E-state index contributed by atoms with van der Waals surface area (Å²) >= 11 is 4.74. The first-order valence-electron chi connectivity index (χ1n) is 12.7. The third kappa shape index (κ3) is 4.36. The van der Waals surface area contributed by atoms with Crippen LogP contribution in [0, 0.1) is 0 Å². The number of nitrogens with zero attached hydrogens (tertiary/aromatic N) is 2. The van der Waals surface area contributed by atoms with Crippen molar-refractivity contribution in [3.63, 3.8) is 0 Å². The lowest BCUT2D eigenvalue weighted by molar-refractivity contribution is -0.181. The molecule has 4 aliphatic heterocycles. The maximum Gasteiger partial charge on any atom is 0.333 e. The van der Waals surface area contributed by atoms with Gasteiger partial charge in [-0.3, -0.25) is 14.4 Å². The topological polar surface area (TPSA) is 182 Å². The van der Waals surface area contributed by atoms with E-state index in [0.717, 1.165) is 4.90 Å². The van der Waals surface area contributed by atoms with Gasteiger partial charge >= 0.3 is 11.9 Å². The van der Waals surface area contributed by atoms with Crippen molar-refractivity contribution < 1.29 is 41.9 Å². The van der Waals surface area contributed by atoms with Gasteiger partial charge in [-0.05, 0) is 33.3 Å². The smallest absolute Gasteiger partial charge is 0.333 e. The van der Waals surface area contributed by atoms with E-state index in [2.05, 4.69) is 21.2 Å². The molecule has 0 aliphatic carbocycles. The Kier molecular flexibility index (Phi) is 7.23. The number of sulfone groups is 1. The molecule has 0 saturated carbocycles. The standard InChI is InChI=1S/C25H29BrN4O9S2/c1-24(2)15(29-18(32)12(26)20(29)40-24)22(34)38-10-39-23(35)16-25(3,4)41(36,37)21-14(19(33)30(16)21)28-17(31)13(27)11-8-6-5-7-9-11/h5-9,12-16,20-21H,10,27H2,1-4H3,(H,28,31)/t12-,13?,14+,15-,16-,20+,21+/m0/s1. The number of carbonyl (C=O) groups excluding carboxylic acids is 5. The molecule has 3 N–H and O–H groups in total. The second kappa shape index (κ2) is 9.95. The van der Waals surface area contributed by atoms with Gasteiger partial charge in [-0.15, -0.1) is 11.8 Å². The van der Waals surface area contributed by atoms with Crippen LogP contribution in [0.15, 0.2) is 30.3 Å². The third-order valence-electron chi connectivity index (χ3n) is 8.03. The molecule has 13 nitrogen and oxygen atoms in total. The average Bonchev–Trinajstić information content (AvgIpc) is 3.26. The van der Waals surface area contributed by atoms with E-state index in [4.69, 9.17) is 15.2 Å². The first-order valence-corrected chi connectivity index (χ1v) is 16.0. The molecule has 1 unspecified atom stereocenters. The van der Waals surface area contributed by atoms with E-state index in [-0.39, 0.29) is 11.3 Å². The molecule has 4 saturated heterocycles. The molecular weight excluding hydrogens is 644 g/mol. The van der Waals surface area contributed by atoms with Crippen molar-refractivity contribution in [2.24, 2.45) is 5.73 Å². The normalized spacial score (nSPS) is 32.6. The zero-order valence-electron chi connectivity index (χ0n) is 22.5. The minimum absolute atomic E-state index is 0.230. The molecule has 4 heterocycles. The van der Waals surface area contributed by atoms with Crippen LogP contribution in [0.5, 0.6) is 0 Å². The van der Waals surface area contributed by atoms with Crippen LogP contribution in [0.1, 0.15) is 39.3 Å².